The van der Waals surface area contributed by atoms with Crippen LogP contribution in [0.5, 0.6) is 0 Å². The minimum atomic E-state index is -2.48. The standard InChI is InChI=1S/C23H35N3O2PS/c1-5-28-29(4,27)18-8-13-26-21-9-6-7-10-22(21)30-23(26)19-20-11-14-25(15-12-20)17-16-24(2)3/h6-7,9-12,14-15,20H,5,8,13,16-19H2,1-4H3/q+1. The molecule has 164 valence electrons. The Morgan fingerprint density at radius 1 is 1.23 bits per heavy atom. The van der Waals surface area contributed by atoms with E-state index >= 15 is 0 Å². The van der Waals surface area contributed by atoms with Gasteiger partial charge in [0.1, 0.15) is 4.70 Å². The topological polar surface area (TPSA) is 36.7 Å². The van der Waals surface area contributed by atoms with Crippen LogP contribution in [0.3, 0.4) is 0 Å². The molecule has 7 heteroatoms. The summed E-state index contributed by atoms with van der Waals surface area (Å²) in [5.41, 5.74) is 1.27. The van der Waals surface area contributed by atoms with E-state index in [1.807, 2.05) is 18.3 Å². The summed E-state index contributed by atoms with van der Waals surface area (Å²) >= 11 is 1.88. The zero-order valence-electron chi connectivity index (χ0n) is 18.7. The lowest BCUT2D eigenvalue weighted by atomic mass is 10.0. The fraction of sp³-hybridized carbons (Fsp3) is 0.522. The van der Waals surface area contributed by atoms with Crippen LogP contribution in [-0.4, -0.2) is 56.4 Å². The maximum Gasteiger partial charge on any atom is 0.239 e. The highest BCUT2D eigenvalue weighted by molar-refractivity contribution is 7.58. The molecule has 1 aromatic heterocycles. The largest absolute Gasteiger partial charge is 0.354 e. The molecule has 5 nitrogen and oxygen atoms in total. The molecule has 3 rings (SSSR count). The summed E-state index contributed by atoms with van der Waals surface area (Å²) in [5, 5.41) is 1.37. The van der Waals surface area contributed by atoms with Crippen LogP contribution in [0, 0.1) is 5.92 Å². The number of benzene rings is 1. The van der Waals surface area contributed by atoms with E-state index in [2.05, 4.69) is 77.3 Å². The number of aryl methyl sites for hydroxylation is 1. The second kappa shape index (κ2) is 10.7. The minimum absolute atomic E-state index is 0.403. The Hall–Kier alpha value is -1.46. The van der Waals surface area contributed by atoms with Crippen molar-refractivity contribution >= 4 is 28.9 Å². The Bertz CT molecular complexity index is 924. The van der Waals surface area contributed by atoms with E-state index in [9.17, 15) is 4.57 Å². The molecule has 2 heterocycles. The van der Waals surface area contributed by atoms with E-state index in [4.69, 9.17) is 4.52 Å². The number of fused-ring (bicyclic) bond motifs is 1. The molecular formula is C23H35N3O2PS+. The lowest BCUT2D eigenvalue weighted by molar-refractivity contribution is -0.674. The lowest BCUT2D eigenvalue weighted by Gasteiger charge is -2.22. The maximum absolute atomic E-state index is 12.5. The van der Waals surface area contributed by atoms with Crippen molar-refractivity contribution in [1.29, 1.82) is 0 Å². The van der Waals surface area contributed by atoms with Gasteiger partial charge in [0.05, 0.1) is 13.0 Å². The minimum Gasteiger partial charge on any atom is -0.354 e. The van der Waals surface area contributed by atoms with Crippen LogP contribution in [0.4, 0.5) is 0 Å². The predicted molar refractivity (Wildman–Crippen MR) is 127 cm³/mol. The molecule has 30 heavy (non-hydrogen) atoms. The first-order chi connectivity index (χ1) is 14.4. The molecule has 0 aliphatic carbocycles. The van der Waals surface area contributed by atoms with Crippen molar-refractivity contribution in [3.8, 4) is 0 Å². The molecule has 1 unspecified atom stereocenters. The summed E-state index contributed by atoms with van der Waals surface area (Å²) in [4.78, 5) is 4.45. The van der Waals surface area contributed by atoms with Gasteiger partial charge in [0.15, 0.2) is 13.9 Å². The van der Waals surface area contributed by atoms with Gasteiger partial charge in [-0.15, -0.1) is 0 Å². The van der Waals surface area contributed by atoms with E-state index in [-0.39, 0.29) is 0 Å². The smallest absolute Gasteiger partial charge is 0.239 e. The Labute approximate surface area is 185 Å². The third kappa shape index (κ3) is 6.52. The summed E-state index contributed by atoms with van der Waals surface area (Å²) < 4.78 is 21.7. The number of likely N-dealkylation sites (N-methyl/N-ethyl adjacent to an activating group) is 1. The van der Waals surface area contributed by atoms with Crippen LogP contribution < -0.4 is 4.57 Å². The van der Waals surface area contributed by atoms with Crippen LogP contribution in [0.15, 0.2) is 48.8 Å². The average Bonchev–Trinajstić information content (AvgIpc) is 3.04. The van der Waals surface area contributed by atoms with Crippen molar-refractivity contribution < 1.29 is 13.7 Å². The monoisotopic (exact) mass is 448 g/mol. The molecule has 0 fully saturated rings. The summed E-state index contributed by atoms with van der Waals surface area (Å²) in [7, 11) is 1.72. The van der Waals surface area contributed by atoms with Crippen LogP contribution in [0.2, 0.25) is 0 Å². The zero-order chi connectivity index (χ0) is 21.6. The molecular weight excluding hydrogens is 413 g/mol. The highest BCUT2D eigenvalue weighted by Gasteiger charge is 2.24. The quantitative estimate of drug-likeness (QED) is 0.372. The molecule has 1 aromatic carbocycles. The van der Waals surface area contributed by atoms with Crippen LogP contribution in [0.25, 0.3) is 10.2 Å². The Balaban J connectivity index is 1.68. The van der Waals surface area contributed by atoms with Crippen molar-refractivity contribution in [3.05, 3.63) is 53.8 Å². The van der Waals surface area contributed by atoms with E-state index < -0.39 is 7.37 Å². The van der Waals surface area contributed by atoms with E-state index in [0.29, 0.717) is 18.7 Å². The van der Waals surface area contributed by atoms with Crippen LogP contribution in [0.1, 0.15) is 18.4 Å². The molecule has 0 saturated carbocycles. The predicted octanol–water partition coefficient (Wildman–Crippen LogP) is 4.59. The van der Waals surface area contributed by atoms with Gasteiger partial charge in [0.25, 0.3) is 0 Å². The molecule has 0 bridgehead atoms. The third-order valence-corrected chi connectivity index (χ3v) is 8.42. The number of hydrogen-bond acceptors (Lipinski definition) is 5. The summed E-state index contributed by atoms with van der Waals surface area (Å²) in [6.07, 6.45) is 11.5. The van der Waals surface area contributed by atoms with Gasteiger partial charge in [-0.3, -0.25) is 4.57 Å². The summed E-state index contributed by atoms with van der Waals surface area (Å²) in [5.74, 6) is 0.403. The van der Waals surface area contributed by atoms with Crippen molar-refractivity contribution in [2.45, 2.75) is 26.3 Å². The van der Waals surface area contributed by atoms with Crippen LogP contribution in [-0.2, 0) is 22.1 Å². The number of allylic oxidation sites excluding steroid dienone is 2. The average molecular weight is 449 g/mol. The van der Waals surface area contributed by atoms with Crippen molar-refractivity contribution in [1.82, 2.24) is 9.80 Å². The second-order valence-electron chi connectivity index (χ2n) is 8.22. The van der Waals surface area contributed by atoms with E-state index in [1.54, 1.807) is 6.66 Å². The van der Waals surface area contributed by atoms with Gasteiger partial charge in [-0.25, -0.2) is 0 Å². The Kier molecular flexibility index (Phi) is 8.29. The van der Waals surface area contributed by atoms with Gasteiger partial charge in [0.2, 0.25) is 10.5 Å². The lowest BCUT2D eigenvalue weighted by Crippen LogP contribution is -2.37. The van der Waals surface area contributed by atoms with Crippen molar-refractivity contribution in [2.24, 2.45) is 5.92 Å². The number of aromatic nitrogens is 1. The molecule has 0 saturated heterocycles. The van der Waals surface area contributed by atoms with E-state index in [0.717, 1.165) is 32.5 Å². The molecule has 0 radical (unpaired) electrons. The van der Waals surface area contributed by atoms with Gasteiger partial charge >= 0.3 is 0 Å². The molecule has 0 N–H and O–H groups in total. The zero-order valence-corrected chi connectivity index (χ0v) is 20.4. The maximum atomic E-state index is 12.5. The first-order valence-corrected chi connectivity index (χ1v) is 13.8. The summed E-state index contributed by atoms with van der Waals surface area (Å²) in [6, 6.07) is 8.59. The SMILES string of the molecule is CCOP(C)(=O)CCC[n+]1c(CC2C=CN(CCN(C)C)C=C2)sc2ccccc21. The highest BCUT2D eigenvalue weighted by Crippen LogP contribution is 2.42. The highest BCUT2D eigenvalue weighted by atomic mass is 32.1. The van der Waals surface area contributed by atoms with Crippen molar-refractivity contribution in [3.63, 3.8) is 0 Å². The second-order valence-corrected chi connectivity index (χ2v) is 12.1. The number of para-hydroxylation sites is 1. The fourth-order valence-electron chi connectivity index (χ4n) is 3.69. The fourth-order valence-corrected chi connectivity index (χ4v) is 6.34. The molecule has 2 aromatic rings. The first-order valence-electron chi connectivity index (χ1n) is 10.8. The Morgan fingerprint density at radius 3 is 2.67 bits per heavy atom. The number of nitrogens with zero attached hydrogens (tertiary/aromatic N) is 3. The molecule has 1 atom stereocenters. The van der Waals surface area contributed by atoms with Gasteiger partial charge in [-0.05, 0) is 27.1 Å². The first kappa shape index (κ1) is 23.2. The molecule has 1 aliphatic rings. The molecule has 0 amide bonds. The third-order valence-electron chi connectivity index (χ3n) is 5.30. The van der Waals surface area contributed by atoms with Gasteiger partial charge in [-0.1, -0.05) is 35.6 Å². The number of rotatable bonds is 11. The van der Waals surface area contributed by atoms with Crippen LogP contribution >= 0.6 is 18.7 Å². The molecule has 0 spiro atoms. The van der Waals surface area contributed by atoms with Crippen molar-refractivity contribution in [2.75, 3.05) is 46.6 Å². The summed E-state index contributed by atoms with van der Waals surface area (Å²) in [6.45, 7) is 7.10. The number of thiazole rings is 1. The van der Waals surface area contributed by atoms with Gasteiger partial charge in [-0.2, -0.15) is 4.57 Å². The van der Waals surface area contributed by atoms with E-state index in [1.165, 1.54) is 15.2 Å². The number of hydrogen-bond donors (Lipinski definition) is 0. The normalized spacial score (nSPS) is 16.6. The Morgan fingerprint density at radius 2 is 1.97 bits per heavy atom. The van der Waals surface area contributed by atoms with Gasteiger partial charge < -0.3 is 14.3 Å². The van der Waals surface area contributed by atoms with Gasteiger partial charge in [0, 0.05) is 56.7 Å². The molecule has 1 aliphatic heterocycles.